The fourth-order valence-corrected chi connectivity index (χ4v) is 2.90. The fourth-order valence-electron chi connectivity index (χ4n) is 2.90. The van der Waals surface area contributed by atoms with Crippen LogP contribution >= 0.6 is 0 Å². The van der Waals surface area contributed by atoms with Crippen molar-refractivity contribution < 1.29 is 19.4 Å². The van der Waals surface area contributed by atoms with Crippen LogP contribution < -0.4 is 4.90 Å². The third kappa shape index (κ3) is 2.38. The number of halogens is 1. The number of carbonyl (C=O) groups is 1. The summed E-state index contributed by atoms with van der Waals surface area (Å²) in [4.78, 5) is 13.9. The molecule has 3 rings (SSSR count). The summed E-state index contributed by atoms with van der Waals surface area (Å²) < 4.78 is 13.1. The summed E-state index contributed by atoms with van der Waals surface area (Å²) >= 11 is 0. The molecule has 0 aliphatic carbocycles. The lowest BCUT2D eigenvalue weighted by Gasteiger charge is -2.49. The third-order valence-corrected chi connectivity index (χ3v) is 3.99. The highest BCUT2D eigenvalue weighted by atomic mass is 19.1. The number of hydrogen-bond donors (Lipinski definition) is 2. The number of hydrogen-bond acceptors (Lipinski definition) is 3. The molecule has 0 radical (unpaired) electrons. The van der Waals surface area contributed by atoms with E-state index in [9.17, 15) is 19.4 Å². The Morgan fingerprint density at radius 2 is 1.73 bits per heavy atom. The van der Waals surface area contributed by atoms with Gasteiger partial charge in [0.25, 0.3) is 0 Å². The van der Waals surface area contributed by atoms with Crippen molar-refractivity contribution in [2.45, 2.75) is 12.1 Å². The van der Waals surface area contributed by atoms with Crippen LogP contribution in [0, 0.1) is 11.7 Å². The zero-order chi connectivity index (χ0) is 15.7. The van der Waals surface area contributed by atoms with Crippen LogP contribution in [-0.2, 0) is 4.79 Å². The molecule has 1 heterocycles. The van der Waals surface area contributed by atoms with Crippen LogP contribution in [0.5, 0.6) is 0 Å². The largest absolute Gasteiger partial charge is 0.394 e. The van der Waals surface area contributed by atoms with E-state index in [1.54, 1.807) is 0 Å². The first-order valence-electron chi connectivity index (χ1n) is 7.06. The van der Waals surface area contributed by atoms with Crippen molar-refractivity contribution in [3.63, 3.8) is 0 Å². The molecule has 2 aromatic rings. The monoisotopic (exact) mass is 301 g/mol. The highest BCUT2D eigenvalue weighted by Crippen LogP contribution is 2.44. The van der Waals surface area contributed by atoms with E-state index in [2.05, 4.69) is 0 Å². The predicted octanol–water partition coefficient (Wildman–Crippen LogP) is 1.88. The Balaban J connectivity index is 1.98. The average molecular weight is 301 g/mol. The fraction of sp³-hybridized carbons (Fsp3) is 0.235. The van der Waals surface area contributed by atoms with E-state index in [1.807, 2.05) is 30.3 Å². The van der Waals surface area contributed by atoms with Gasteiger partial charge in [-0.3, -0.25) is 4.79 Å². The van der Waals surface area contributed by atoms with Crippen LogP contribution in [0.15, 0.2) is 54.6 Å². The zero-order valence-corrected chi connectivity index (χ0v) is 11.8. The number of β-lactam (4-membered cyclic amide) rings is 1. The van der Waals surface area contributed by atoms with Gasteiger partial charge in [0.05, 0.1) is 24.7 Å². The van der Waals surface area contributed by atoms with Crippen molar-refractivity contribution in [3.8, 4) is 0 Å². The SMILES string of the molecule is O=C1[C@@H]([C@H](O)CO)[C@H](c2ccccc2)N1c1ccc(F)cc1. The van der Waals surface area contributed by atoms with E-state index >= 15 is 0 Å². The molecular weight excluding hydrogens is 285 g/mol. The molecule has 1 aliphatic heterocycles. The molecule has 0 bridgehead atoms. The Labute approximate surface area is 127 Å². The number of rotatable bonds is 4. The molecule has 0 spiro atoms. The van der Waals surface area contributed by atoms with Gasteiger partial charge in [-0.15, -0.1) is 0 Å². The lowest BCUT2D eigenvalue weighted by molar-refractivity contribution is -0.137. The summed E-state index contributed by atoms with van der Waals surface area (Å²) in [5.41, 5.74) is 1.44. The molecule has 1 saturated heterocycles. The maximum Gasteiger partial charge on any atom is 0.235 e. The van der Waals surface area contributed by atoms with Gasteiger partial charge in [-0.05, 0) is 29.8 Å². The van der Waals surface area contributed by atoms with Gasteiger partial charge < -0.3 is 15.1 Å². The Morgan fingerprint density at radius 1 is 1.09 bits per heavy atom. The Kier molecular flexibility index (Phi) is 3.92. The topological polar surface area (TPSA) is 60.8 Å². The zero-order valence-electron chi connectivity index (χ0n) is 11.8. The molecule has 1 aliphatic rings. The van der Waals surface area contributed by atoms with Crippen molar-refractivity contribution in [3.05, 3.63) is 66.0 Å². The molecule has 22 heavy (non-hydrogen) atoms. The molecule has 0 unspecified atom stereocenters. The van der Waals surface area contributed by atoms with E-state index in [4.69, 9.17) is 0 Å². The number of aliphatic hydroxyl groups excluding tert-OH is 2. The molecule has 1 amide bonds. The first-order chi connectivity index (χ1) is 10.6. The van der Waals surface area contributed by atoms with E-state index in [-0.39, 0.29) is 17.8 Å². The first-order valence-corrected chi connectivity index (χ1v) is 7.06. The number of anilines is 1. The lowest BCUT2D eigenvalue weighted by atomic mass is 9.78. The number of benzene rings is 2. The van der Waals surface area contributed by atoms with Gasteiger partial charge in [0.1, 0.15) is 5.82 Å². The molecule has 1 fully saturated rings. The Hall–Kier alpha value is -2.24. The van der Waals surface area contributed by atoms with Crippen molar-refractivity contribution in [2.24, 2.45) is 5.92 Å². The minimum Gasteiger partial charge on any atom is -0.394 e. The van der Waals surface area contributed by atoms with Gasteiger partial charge in [0, 0.05) is 5.69 Å². The van der Waals surface area contributed by atoms with E-state index in [0.29, 0.717) is 5.69 Å². The summed E-state index contributed by atoms with van der Waals surface area (Å²) in [6.07, 6.45) is -1.12. The minimum atomic E-state index is -1.12. The number of aliphatic hydroxyl groups is 2. The highest BCUT2D eigenvalue weighted by Gasteiger charge is 2.52. The Morgan fingerprint density at radius 3 is 2.32 bits per heavy atom. The number of carbonyl (C=O) groups excluding carboxylic acids is 1. The van der Waals surface area contributed by atoms with Crippen molar-refractivity contribution in [2.75, 3.05) is 11.5 Å². The second-order valence-electron chi connectivity index (χ2n) is 5.32. The number of amides is 1. The van der Waals surface area contributed by atoms with Gasteiger partial charge in [-0.25, -0.2) is 4.39 Å². The van der Waals surface area contributed by atoms with Gasteiger partial charge in [-0.2, -0.15) is 0 Å². The van der Waals surface area contributed by atoms with Gasteiger partial charge in [0.15, 0.2) is 0 Å². The molecule has 2 N–H and O–H groups in total. The van der Waals surface area contributed by atoms with Crippen LogP contribution in [0.4, 0.5) is 10.1 Å². The van der Waals surface area contributed by atoms with Gasteiger partial charge >= 0.3 is 0 Å². The van der Waals surface area contributed by atoms with Crippen LogP contribution in [0.1, 0.15) is 11.6 Å². The van der Waals surface area contributed by atoms with Crippen molar-refractivity contribution in [1.29, 1.82) is 0 Å². The van der Waals surface area contributed by atoms with E-state index < -0.39 is 18.6 Å². The molecule has 114 valence electrons. The third-order valence-electron chi connectivity index (χ3n) is 3.99. The quantitative estimate of drug-likeness (QED) is 0.848. The van der Waals surface area contributed by atoms with Crippen molar-refractivity contribution in [1.82, 2.24) is 0 Å². The van der Waals surface area contributed by atoms with E-state index in [1.165, 1.54) is 29.2 Å². The second-order valence-corrected chi connectivity index (χ2v) is 5.32. The van der Waals surface area contributed by atoms with Crippen LogP contribution in [0.2, 0.25) is 0 Å². The highest BCUT2D eigenvalue weighted by molar-refractivity contribution is 6.03. The summed E-state index contributed by atoms with van der Waals surface area (Å²) in [6, 6.07) is 14.6. The average Bonchev–Trinajstić information content (AvgIpc) is 2.55. The minimum absolute atomic E-state index is 0.276. The summed E-state index contributed by atoms with van der Waals surface area (Å²) in [6.45, 7) is -0.475. The molecular formula is C17H16FNO3. The van der Waals surface area contributed by atoms with Gasteiger partial charge in [-0.1, -0.05) is 30.3 Å². The maximum absolute atomic E-state index is 13.1. The lowest BCUT2D eigenvalue weighted by Crippen LogP contribution is -2.60. The summed E-state index contributed by atoms with van der Waals surface area (Å²) in [5.74, 6) is -1.35. The van der Waals surface area contributed by atoms with Crippen LogP contribution in [0.25, 0.3) is 0 Å². The van der Waals surface area contributed by atoms with Crippen LogP contribution in [-0.4, -0.2) is 28.8 Å². The molecule has 0 aromatic heterocycles. The van der Waals surface area contributed by atoms with E-state index in [0.717, 1.165) is 5.56 Å². The molecule has 4 nitrogen and oxygen atoms in total. The standard InChI is InChI=1S/C17H16FNO3/c18-12-6-8-13(9-7-12)19-16(11-4-2-1-3-5-11)15(17(19)22)14(21)10-20/h1-9,14-16,20-21H,10H2/t14-,15+,16+/m1/s1. The predicted molar refractivity (Wildman–Crippen MR) is 79.7 cm³/mol. The second kappa shape index (κ2) is 5.87. The Bertz CT molecular complexity index is 659. The normalized spacial score (nSPS) is 22.3. The van der Waals surface area contributed by atoms with Crippen LogP contribution in [0.3, 0.4) is 0 Å². The smallest absolute Gasteiger partial charge is 0.235 e. The molecule has 2 aromatic carbocycles. The number of nitrogens with zero attached hydrogens (tertiary/aromatic N) is 1. The van der Waals surface area contributed by atoms with Gasteiger partial charge in [0.2, 0.25) is 5.91 Å². The molecule has 0 saturated carbocycles. The maximum atomic E-state index is 13.1. The molecule has 5 heteroatoms. The first kappa shape index (κ1) is 14.7. The van der Waals surface area contributed by atoms with Crippen molar-refractivity contribution >= 4 is 11.6 Å². The molecule has 3 atom stereocenters. The summed E-state index contributed by atoms with van der Waals surface area (Å²) in [7, 11) is 0. The summed E-state index contributed by atoms with van der Waals surface area (Å²) in [5, 5.41) is 19.1.